The van der Waals surface area contributed by atoms with Gasteiger partial charge in [0.2, 0.25) is 0 Å². The standard InChI is InChI=1S/C20H38O7S.C4H9O2P.Na/c1-5-9-11-16(7-3)14-26-19(21)13-18(28(23,24)25)20(22)27-15-17(8-4)12-10-6-2;1-4(2)3-6-7-5;/h16-18H,5-15H2,1-4H3,(H,23,24,25);4H,3H2,1-2H3;/q;;+1/p-1. The normalized spacial score (nSPS) is 13.7. The smallest absolute Gasteiger partial charge is 0.747 e. The van der Waals surface area contributed by atoms with E-state index in [-0.39, 0.29) is 63.3 Å². The summed E-state index contributed by atoms with van der Waals surface area (Å²) < 4.78 is 58.7. The second-order valence-electron chi connectivity index (χ2n) is 9.10. The Morgan fingerprint density at radius 3 is 1.67 bits per heavy atom. The summed E-state index contributed by atoms with van der Waals surface area (Å²) in [4.78, 5) is 24.1. The molecule has 0 aromatic carbocycles. The summed E-state index contributed by atoms with van der Waals surface area (Å²) in [7, 11) is -5.22. The third kappa shape index (κ3) is 23.1. The fourth-order valence-electron chi connectivity index (χ4n) is 2.99. The van der Waals surface area contributed by atoms with Crippen LogP contribution in [0.5, 0.6) is 0 Å². The Labute approximate surface area is 242 Å². The van der Waals surface area contributed by atoms with E-state index in [1.54, 1.807) is 0 Å². The Morgan fingerprint density at radius 2 is 1.33 bits per heavy atom. The van der Waals surface area contributed by atoms with Crippen LogP contribution in [0.15, 0.2) is 0 Å². The van der Waals surface area contributed by atoms with Gasteiger partial charge in [-0.25, -0.2) is 13.0 Å². The minimum atomic E-state index is -5.01. The maximum absolute atomic E-state index is 12.1. The largest absolute Gasteiger partial charge is 1.00 e. The van der Waals surface area contributed by atoms with Gasteiger partial charge in [-0.2, -0.15) is 0 Å². The van der Waals surface area contributed by atoms with Gasteiger partial charge in [-0.1, -0.05) is 80.1 Å². The van der Waals surface area contributed by atoms with Crippen LogP contribution in [0, 0.1) is 17.8 Å². The van der Waals surface area contributed by atoms with Crippen LogP contribution in [0.3, 0.4) is 0 Å². The van der Waals surface area contributed by atoms with Crippen LogP contribution in [0.4, 0.5) is 0 Å². The molecule has 0 bridgehead atoms. The first-order chi connectivity index (χ1) is 16.5. The van der Waals surface area contributed by atoms with Crippen molar-refractivity contribution >= 4 is 30.7 Å². The number of rotatable bonds is 19. The molecule has 3 atom stereocenters. The Hall–Kier alpha value is -0.0900. The van der Waals surface area contributed by atoms with Crippen LogP contribution < -0.4 is 29.6 Å². The van der Waals surface area contributed by atoms with Crippen LogP contribution in [-0.2, 0) is 38.3 Å². The molecule has 0 aromatic rings. The minimum absolute atomic E-state index is 0. The number of ether oxygens (including phenoxy) is 2. The molecular formula is C24H46NaO9PS. The molecule has 0 aliphatic heterocycles. The Bertz CT molecular complexity index is 674. The summed E-state index contributed by atoms with van der Waals surface area (Å²) >= 11 is 0. The van der Waals surface area contributed by atoms with Crippen molar-refractivity contribution < 1.29 is 70.7 Å². The second kappa shape index (κ2) is 25.2. The van der Waals surface area contributed by atoms with E-state index >= 15 is 0 Å². The fourth-order valence-corrected chi connectivity index (χ4v) is 4.00. The van der Waals surface area contributed by atoms with Crippen LogP contribution in [0.1, 0.15) is 99.3 Å². The fraction of sp³-hybridized carbons (Fsp3) is 0.917. The van der Waals surface area contributed by atoms with Crippen molar-refractivity contribution in [3.63, 3.8) is 0 Å². The molecule has 0 saturated carbocycles. The molecule has 0 aromatic heterocycles. The number of carbonyl (C=O) groups is 2. The van der Waals surface area contributed by atoms with E-state index in [2.05, 4.69) is 18.4 Å². The molecule has 0 amide bonds. The van der Waals surface area contributed by atoms with E-state index in [1.165, 1.54) is 0 Å². The summed E-state index contributed by atoms with van der Waals surface area (Å²) in [5.41, 5.74) is 0. The second-order valence-corrected chi connectivity index (χ2v) is 11.1. The summed E-state index contributed by atoms with van der Waals surface area (Å²) in [6.45, 7) is 12.8. The number of unbranched alkanes of at least 4 members (excludes halogenated alkanes) is 2. The predicted molar refractivity (Wildman–Crippen MR) is 135 cm³/mol. The summed E-state index contributed by atoms with van der Waals surface area (Å²) in [6, 6.07) is 0. The van der Waals surface area contributed by atoms with Gasteiger partial charge in [0.1, 0.15) is 10.1 Å². The maximum atomic E-state index is 12.1. The number of carbonyl (C=O) groups excluding carboxylic acids is 2. The van der Waals surface area contributed by atoms with Crippen molar-refractivity contribution in [3.8, 4) is 0 Å². The van der Waals surface area contributed by atoms with Gasteiger partial charge >= 0.3 is 50.2 Å². The molecule has 9 nitrogen and oxygen atoms in total. The molecule has 0 fully saturated rings. The quantitative estimate of drug-likeness (QED) is 0.100. The van der Waals surface area contributed by atoms with Crippen molar-refractivity contribution in [3.05, 3.63) is 0 Å². The number of esters is 2. The van der Waals surface area contributed by atoms with Crippen LogP contribution in [0.2, 0.25) is 0 Å². The topological polar surface area (TPSA) is 136 Å². The molecule has 0 spiro atoms. The average Bonchev–Trinajstić information content (AvgIpc) is 2.80. The first kappa shape index (κ1) is 40.4. The van der Waals surface area contributed by atoms with Crippen molar-refractivity contribution in [2.24, 2.45) is 17.8 Å². The van der Waals surface area contributed by atoms with Gasteiger partial charge in [-0.3, -0.25) is 14.1 Å². The van der Waals surface area contributed by atoms with E-state index in [0.717, 1.165) is 51.4 Å². The Morgan fingerprint density at radius 1 is 0.861 bits per heavy atom. The summed E-state index contributed by atoms with van der Waals surface area (Å²) in [6.07, 6.45) is 6.58. The molecule has 12 heteroatoms. The van der Waals surface area contributed by atoms with E-state index < -0.39 is 33.7 Å². The number of hydrogen-bond donors (Lipinski definition) is 0. The van der Waals surface area contributed by atoms with E-state index in [0.29, 0.717) is 12.5 Å². The predicted octanol–water partition coefficient (Wildman–Crippen LogP) is 2.68. The van der Waals surface area contributed by atoms with Gasteiger partial charge in [0.25, 0.3) is 0 Å². The van der Waals surface area contributed by atoms with Gasteiger partial charge in [0.15, 0.2) is 5.25 Å². The zero-order valence-electron chi connectivity index (χ0n) is 23.3. The molecule has 0 saturated heterocycles. The number of hydrogen-bond acceptors (Lipinski definition) is 9. The maximum Gasteiger partial charge on any atom is 1.00 e. The zero-order chi connectivity index (χ0) is 27.3. The molecule has 0 radical (unpaired) electrons. The third-order valence-electron chi connectivity index (χ3n) is 5.45. The molecule has 36 heavy (non-hydrogen) atoms. The third-order valence-corrected chi connectivity index (χ3v) is 6.76. The van der Waals surface area contributed by atoms with Gasteiger partial charge in [0, 0.05) is 0 Å². The van der Waals surface area contributed by atoms with Crippen molar-refractivity contribution in [2.75, 3.05) is 19.8 Å². The van der Waals surface area contributed by atoms with Gasteiger partial charge in [-0.15, -0.1) is 0 Å². The van der Waals surface area contributed by atoms with E-state index in [1.807, 2.05) is 27.7 Å². The molecule has 0 heterocycles. The van der Waals surface area contributed by atoms with Crippen molar-refractivity contribution in [2.45, 2.75) is 105 Å². The molecule has 0 aliphatic carbocycles. The van der Waals surface area contributed by atoms with Gasteiger partial charge < -0.3 is 14.0 Å². The monoisotopic (exact) mass is 564 g/mol. The van der Waals surface area contributed by atoms with Crippen molar-refractivity contribution in [1.29, 1.82) is 0 Å². The van der Waals surface area contributed by atoms with Crippen molar-refractivity contribution in [1.82, 2.24) is 0 Å². The molecule has 0 N–H and O–H groups in total. The van der Waals surface area contributed by atoms with Gasteiger partial charge in [0.05, 0.1) is 26.2 Å². The zero-order valence-corrected chi connectivity index (χ0v) is 27.0. The SMILES string of the molecule is CC(C)COP=O.CCCCC(CC)COC(=O)CC(C(=O)OCC(CC)CCCC)S(=O)(=O)[O-].[Na+]. The van der Waals surface area contributed by atoms with Crippen LogP contribution in [0.25, 0.3) is 0 Å². The average molecular weight is 565 g/mol. The molecule has 208 valence electrons. The molecular weight excluding hydrogens is 518 g/mol. The molecule has 0 aliphatic rings. The molecule has 3 unspecified atom stereocenters. The summed E-state index contributed by atoms with van der Waals surface area (Å²) in [5.74, 6) is -1.27. The van der Waals surface area contributed by atoms with Crippen LogP contribution in [-0.4, -0.2) is 50.0 Å². The molecule has 0 rings (SSSR count). The Kier molecular flexibility index (Phi) is 28.3. The van der Waals surface area contributed by atoms with Gasteiger partial charge in [-0.05, 0) is 30.6 Å². The summed E-state index contributed by atoms with van der Waals surface area (Å²) in [5, 5.41) is -2.06. The first-order valence-electron chi connectivity index (χ1n) is 12.7. The van der Waals surface area contributed by atoms with E-state index in [9.17, 15) is 27.1 Å². The first-order valence-corrected chi connectivity index (χ1v) is 14.9. The van der Waals surface area contributed by atoms with E-state index in [4.69, 9.17) is 9.47 Å². The Balaban J connectivity index is -0.00000118. The van der Waals surface area contributed by atoms with Crippen LogP contribution >= 0.6 is 8.69 Å². The minimum Gasteiger partial charge on any atom is -0.747 e.